The van der Waals surface area contributed by atoms with Crippen molar-refractivity contribution < 1.29 is 23.9 Å². The molecule has 1 saturated heterocycles. The van der Waals surface area contributed by atoms with Crippen molar-refractivity contribution >= 4 is 41.0 Å². The SMILES string of the molecule is Cc1ccc(C(=O)NN2C[C@@H](C(=O)OCC(=O)Nc3cccc(Cl)c3C)CC2=O)cc1. The van der Waals surface area contributed by atoms with E-state index in [0.29, 0.717) is 21.8 Å². The Labute approximate surface area is 184 Å². The molecule has 9 heteroatoms. The van der Waals surface area contributed by atoms with E-state index in [1.54, 1.807) is 49.4 Å². The highest BCUT2D eigenvalue weighted by Gasteiger charge is 2.36. The van der Waals surface area contributed by atoms with Gasteiger partial charge in [0.15, 0.2) is 6.61 Å². The van der Waals surface area contributed by atoms with Crippen molar-refractivity contribution in [3.05, 3.63) is 64.2 Å². The van der Waals surface area contributed by atoms with Crippen LogP contribution in [0, 0.1) is 19.8 Å². The number of carbonyl (C=O) groups excluding carboxylic acids is 4. The van der Waals surface area contributed by atoms with Gasteiger partial charge in [-0.15, -0.1) is 0 Å². The van der Waals surface area contributed by atoms with Gasteiger partial charge in [-0.25, -0.2) is 0 Å². The summed E-state index contributed by atoms with van der Waals surface area (Å²) >= 11 is 6.02. The number of carbonyl (C=O) groups is 4. The van der Waals surface area contributed by atoms with Gasteiger partial charge in [0.25, 0.3) is 11.8 Å². The van der Waals surface area contributed by atoms with Crippen molar-refractivity contribution in [1.29, 1.82) is 0 Å². The Balaban J connectivity index is 1.49. The lowest BCUT2D eigenvalue weighted by Crippen LogP contribution is -2.43. The van der Waals surface area contributed by atoms with Crippen molar-refractivity contribution in [2.24, 2.45) is 5.92 Å². The number of esters is 1. The fraction of sp³-hybridized carbons (Fsp3) is 0.273. The average molecular weight is 444 g/mol. The molecule has 8 nitrogen and oxygen atoms in total. The highest BCUT2D eigenvalue weighted by molar-refractivity contribution is 6.31. The number of hydrogen-bond acceptors (Lipinski definition) is 5. The maximum Gasteiger partial charge on any atom is 0.311 e. The second-order valence-electron chi connectivity index (χ2n) is 7.28. The van der Waals surface area contributed by atoms with Crippen molar-refractivity contribution in [3.63, 3.8) is 0 Å². The van der Waals surface area contributed by atoms with Gasteiger partial charge in [-0.05, 0) is 43.7 Å². The minimum Gasteiger partial charge on any atom is -0.455 e. The Morgan fingerprint density at radius 2 is 1.84 bits per heavy atom. The van der Waals surface area contributed by atoms with E-state index in [0.717, 1.165) is 10.6 Å². The van der Waals surface area contributed by atoms with Gasteiger partial charge >= 0.3 is 5.97 Å². The molecule has 0 unspecified atom stereocenters. The lowest BCUT2D eigenvalue weighted by Gasteiger charge is -2.17. The summed E-state index contributed by atoms with van der Waals surface area (Å²) in [5, 5.41) is 4.23. The summed E-state index contributed by atoms with van der Waals surface area (Å²) in [6, 6.07) is 12.0. The van der Waals surface area contributed by atoms with Gasteiger partial charge in [-0.3, -0.25) is 29.6 Å². The van der Waals surface area contributed by atoms with Crippen LogP contribution in [0.1, 0.15) is 27.9 Å². The van der Waals surface area contributed by atoms with Crippen LogP contribution in [-0.4, -0.2) is 41.9 Å². The van der Waals surface area contributed by atoms with Crippen LogP contribution >= 0.6 is 11.6 Å². The van der Waals surface area contributed by atoms with E-state index < -0.39 is 36.2 Å². The van der Waals surface area contributed by atoms with Gasteiger partial charge in [0, 0.05) is 22.7 Å². The zero-order chi connectivity index (χ0) is 22.5. The minimum atomic E-state index is -0.772. The number of halogens is 1. The van der Waals surface area contributed by atoms with E-state index >= 15 is 0 Å². The fourth-order valence-corrected chi connectivity index (χ4v) is 3.22. The second kappa shape index (κ2) is 9.61. The number of nitrogens with zero attached hydrogens (tertiary/aromatic N) is 1. The molecule has 0 aliphatic carbocycles. The molecule has 2 aromatic carbocycles. The molecule has 1 fully saturated rings. The van der Waals surface area contributed by atoms with Crippen LogP contribution in [0.4, 0.5) is 5.69 Å². The number of ether oxygens (including phenoxy) is 1. The molecule has 3 amide bonds. The predicted molar refractivity (Wildman–Crippen MR) is 114 cm³/mol. The molecule has 3 rings (SSSR count). The van der Waals surface area contributed by atoms with Crippen LogP contribution in [0.25, 0.3) is 0 Å². The topological polar surface area (TPSA) is 105 Å². The molecule has 162 valence electrons. The largest absolute Gasteiger partial charge is 0.455 e. The third-order valence-electron chi connectivity index (χ3n) is 4.90. The fourth-order valence-electron chi connectivity index (χ4n) is 3.05. The number of anilines is 1. The molecule has 2 N–H and O–H groups in total. The molecule has 31 heavy (non-hydrogen) atoms. The van der Waals surface area contributed by atoms with Gasteiger partial charge in [0.1, 0.15) is 0 Å². The normalized spacial score (nSPS) is 15.5. The Bertz CT molecular complexity index is 1020. The molecular weight excluding hydrogens is 422 g/mol. The Hall–Kier alpha value is -3.39. The molecular formula is C22H22ClN3O5. The first-order chi connectivity index (χ1) is 14.7. The van der Waals surface area contributed by atoms with Crippen LogP contribution in [0.2, 0.25) is 5.02 Å². The average Bonchev–Trinajstić information content (AvgIpc) is 3.10. The van der Waals surface area contributed by atoms with Gasteiger partial charge < -0.3 is 10.1 Å². The van der Waals surface area contributed by atoms with Crippen LogP contribution in [0.15, 0.2) is 42.5 Å². The Morgan fingerprint density at radius 1 is 1.13 bits per heavy atom. The third kappa shape index (κ3) is 5.61. The van der Waals surface area contributed by atoms with E-state index in [4.69, 9.17) is 16.3 Å². The standard InChI is InChI=1S/C22H22ClN3O5/c1-13-6-8-15(9-7-13)21(29)25-26-11-16(10-20(26)28)22(30)31-12-19(27)24-18-5-3-4-17(23)14(18)2/h3-9,16H,10-12H2,1-2H3,(H,24,27)(H,25,29)/t16-/m0/s1. The van der Waals surface area contributed by atoms with Crippen molar-refractivity contribution in [3.8, 4) is 0 Å². The summed E-state index contributed by atoms with van der Waals surface area (Å²) in [7, 11) is 0. The molecule has 0 spiro atoms. The summed E-state index contributed by atoms with van der Waals surface area (Å²) in [4.78, 5) is 48.8. The van der Waals surface area contributed by atoms with E-state index in [9.17, 15) is 19.2 Å². The second-order valence-corrected chi connectivity index (χ2v) is 7.69. The van der Waals surface area contributed by atoms with Crippen molar-refractivity contribution in [2.45, 2.75) is 20.3 Å². The zero-order valence-corrected chi connectivity index (χ0v) is 17.9. The zero-order valence-electron chi connectivity index (χ0n) is 17.1. The highest BCUT2D eigenvalue weighted by atomic mass is 35.5. The number of aryl methyl sites for hydroxylation is 1. The van der Waals surface area contributed by atoms with E-state index in [2.05, 4.69) is 10.7 Å². The maximum atomic E-state index is 12.3. The summed E-state index contributed by atoms with van der Waals surface area (Å²) in [5.74, 6) is -2.82. The van der Waals surface area contributed by atoms with E-state index in [1.807, 2.05) is 6.92 Å². The maximum absolute atomic E-state index is 12.3. The molecule has 1 aliphatic heterocycles. The number of rotatable bonds is 6. The molecule has 1 heterocycles. The van der Waals surface area contributed by atoms with Crippen LogP contribution in [0.3, 0.4) is 0 Å². The van der Waals surface area contributed by atoms with Crippen molar-refractivity contribution in [2.75, 3.05) is 18.5 Å². The van der Waals surface area contributed by atoms with Gasteiger partial charge in [-0.1, -0.05) is 35.4 Å². The summed E-state index contributed by atoms with van der Waals surface area (Å²) in [6.45, 7) is 3.14. The van der Waals surface area contributed by atoms with Gasteiger partial charge in [-0.2, -0.15) is 0 Å². The molecule has 0 bridgehead atoms. The molecule has 0 radical (unpaired) electrons. The summed E-state index contributed by atoms with van der Waals surface area (Å²) in [5.41, 5.74) is 5.13. The minimum absolute atomic E-state index is 0.0235. The van der Waals surface area contributed by atoms with E-state index in [1.165, 1.54) is 0 Å². The first-order valence-corrected chi connectivity index (χ1v) is 10.0. The van der Waals surface area contributed by atoms with Gasteiger partial charge in [0.05, 0.1) is 12.5 Å². The molecule has 2 aromatic rings. The van der Waals surface area contributed by atoms with E-state index in [-0.39, 0.29) is 13.0 Å². The first kappa shape index (κ1) is 22.3. The third-order valence-corrected chi connectivity index (χ3v) is 5.31. The number of hydrazine groups is 1. The van der Waals surface area contributed by atoms with Crippen LogP contribution in [0.5, 0.6) is 0 Å². The molecule has 0 saturated carbocycles. The number of hydrogen-bond donors (Lipinski definition) is 2. The van der Waals surface area contributed by atoms with Gasteiger partial charge in [0.2, 0.25) is 5.91 Å². The smallest absolute Gasteiger partial charge is 0.311 e. The van der Waals surface area contributed by atoms with Crippen molar-refractivity contribution in [1.82, 2.24) is 10.4 Å². The Kier molecular flexibility index (Phi) is 6.91. The molecule has 1 atom stereocenters. The van der Waals surface area contributed by atoms with Crippen LogP contribution in [-0.2, 0) is 19.1 Å². The first-order valence-electron chi connectivity index (χ1n) is 9.64. The molecule has 1 aliphatic rings. The predicted octanol–water partition coefficient (Wildman–Crippen LogP) is 2.63. The lowest BCUT2D eigenvalue weighted by molar-refractivity contribution is -0.151. The number of nitrogens with one attached hydrogen (secondary N) is 2. The Morgan fingerprint density at radius 3 is 2.55 bits per heavy atom. The summed E-state index contributed by atoms with van der Waals surface area (Å²) < 4.78 is 5.05. The highest BCUT2D eigenvalue weighted by Crippen LogP contribution is 2.23. The lowest BCUT2D eigenvalue weighted by atomic mass is 10.1. The monoisotopic (exact) mass is 443 g/mol. The van der Waals surface area contributed by atoms with Crippen LogP contribution < -0.4 is 10.7 Å². The quantitative estimate of drug-likeness (QED) is 0.668. The molecule has 0 aromatic heterocycles. The number of benzene rings is 2. The summed E-state index contributed by atoms with van der Waals surface area (Å²) in [6.07, 6.45) is -0.109. The number of amides is 3.